The van der Waals surface area contributed by atoms with Gasteiger partial charge in [0.25, 0.3) is 0 Å². The van der Waals surface area contributed by atoms with Crippen molar-refractivity contribution in [2.45, 2.75) is 57.1 Å². The molecule has 0 spiro atoms. The number of nitrogens with zero attached hydrogens (tertiary/aromatic N) is 3. The Morgan fingerprint density at radius 1 is 0.750 bits per heavy atom. The molecule has 9 nitrogen and oxygen atoms in total. The van der Waals surface area contributed by atoms with Gasteiger partial charge in [-0.3, -0.25) is 0 Å². The lowest BCUT2D eigenvalue weighted by Gasteiger charge is -2.45. The SMILES string of the molecule is CO[C@H]1O[C@H](CO)[C@H](n2cc(COCc3ccccc3)nn2)[C@H](OCc2ccccc2)[C@H]1OCc1ccccc1. The smallest absolute Gasteiger partial charge is 0.186 e. The third-order valence-electron chi connectivity index (χ3n) is 6.83. The number of ether oxygens (including phenoxy) is 5. The summed E-state index contributed by atoms with van der Waals surface area (Å²) in [4.78, 5) is 0. The van der Waals surface area contributed by atoms with Gasteiger partial charge in [0.1, 0.15) is 30.0 Å². The number of rotatable bonds is 13. The average Bonchev–Trinajstić information content (AvgIpc) is 3.48. The summed E-state index contributed by atoms with van der Waals surface area (Å²) in [5, 5.41) is 19.1. The molecule has 1 fully saturated rings. The predicted octanol–water partition coefficient (Wildman–Crippen LogP) is 4.07. The van der Waals surface area contributed by atoms with Gasteiger partial charge < -0.3 is 28.8 Å². The maximum absolute atomic E-state index is 10.3. The molecule has 0 amide bonds. The molecule has 1 saturated heterocycles. The quantitative estimate of drug-likeness (QED) is 0.269. The summed E-state index contributed by atoms with van der Waals surface area (Å²) in [6.07, 6.45) is -0.789. The topological polar surface area (TPSA) is 97.1 Å². The molecule has 4 aromatic rings. The van der Waals surface area contributed by atoms with Crippen LogP contribution in [0.25, 0.3) is 0 Å². The van der Waals surface area contributed by atoms with Crippen molar-refractivity contribution in [3.05, 3.63) is 120 Å². The monoisotopic (exact) mass is 545 g/mol. The van der Waals surface area contributed by atoms with E-state index in [4.69, 9.17) is 23.7 Å². The lowest BCUT2D eigenvalue weighted by atomic mass is 9.95. The molecule has 0 radical (unpaired) electrons. The van der Waals surface area contributed by atoms with Crippen LogP contribution >= 0.6 is 0 Å². The second-order valence-electron chi connectivity index (χ2n) is 9.64. The molecule has 0 unspecified atom stereocenters. The zero-order valence-electron chi connectivity index (χ0n) is 22.5. The van der Waals surface area contributed by atoms with Crippen LogP contribution in [0.2, 0.25) is 0 Å². The van der Waals surface area contributed by atoms with Crippen molar-refractivity contribution in [3.8, 4) is 0 Å². The summed E-state index contributed by atoms with van der Waals surface area (Å²) in [5.41, 5.74) is 3.76. The highest BCUT2D eigenvalue weighted by Gasteiger charge is 2.49. The first kappa shape index (κ1) is 28.1. The molecular weight excluding hydrogens is 510 g/mol. The van der Waals surface area contributed by atoms with Gasteiger partial charge in [-0.15, -0.1) is 5.10 Å². The Balaban J connectivity index is 1.37. The highest BCUT2D eigenvalue weighted by molar-refractivity contribution is 5.15. The molecule has 5 rings (SSSR count). The van der Waals surface area contributed by atoms with Crippen molar-refractivity contribution in [1.29, 1.82) is 0 Å². The van der Waals surface area contributed by atoms with Gasteiger partial charge in [0.05, 0.1) is 39.2 Å². The number of benzene rings is 3. The molecule has 1 aliphatic rings. The molecule has 0 bridgehead atoms. The third-order valence-corrected chi connectivity index (χ3v) is 6.83. The fraction of sp³-hybridized carbons (Fsp3) is 0.355. The number of aliphatic hydroxyl groups excluding tert-OH is 1. The Labute approximate surface area is 234 Å². The van der Waals surface area contributed by atoms with Crippen molar-refractivity contribution >= 4 is 0 Å². The molecule has 5 atom stereocenters. The minimum absolute atomic E-state index is 0.263. The number of hydrogen-bond donors (Lipinski definition) is 1. The van der Waals surface area contributed by atoms with E-state index in [1.165, 1.54) is 0 Å². The Kier molecular flexibility index (Phi) is 10.0. The number of hydrogen-bond acceptors (Lipinski definition) is 8. The second kappa shape index (κ2) is 14.3. The van der Waals surface area contributed by atoms with Gasteiger partial charge in [-0.2, -0.15) is 0 Å². The molecule has 2 heterocycles. The standard InChI is InChI=1S/C31H35N3O6/c1-36-31-30(39-21-25-15-9-4-10-16-25)29(38-20-24-13-7-3-8-14-24)28(27(18-35)40-31)34-17-26(32-33-34)22-37-19-23-11-5-2-6-12-23/h2-17,27-31,35H,18-22H2,1H3/t27-,28+,29+,30-,31+/m1/s1. The van der Waals surface area contributed by atoms with E-state index in [1.807, 2.05) is 97.2 Å². The van der Waals surface area contributed by atoms with Gasteiger partial charge in [-0.25, -0.2) is 4.68 Å². The average molecular weight is 546 g/mol. The maximum Gasteiger partial charge on any atom is 0.186 e. The first-order chi connectivity index (χ1) is 19.7. The van der Waals surface area contributed by atoms with E-state index >= 15 is 0 Å². The van der Waals surface area contributed by atoms with Crippen LogP contribution in [0, 0.1) is 0 Å². The van der Waals surface area contributed by atoms with Crippen molar-refractivity contribution in [2.75, 3.05) is 13.7 Å². The van der Waals surface area contributed by atoms with E-state index in [0.29, 0.717) is 25.5 Å². The summed E-state index contributed by atoms with van der Waals surface area (Å²) in [6.45, 7) is 1.17. The summed E-state index contributed by atoms with van der Waals surface area (Å²) in [7, 11) is 1.56. The largest absolute Gasteiger partial charge is 0.394 e. The fourth-order valence-electron chi connectivity index (χ4n) is 4.83. The molecule has 3 aromatic carbocycles. The molecule has 1 N–H and O–H groups in total. The Bertz CT molecular complexity index is 1270. The Hall–Kier alpha value is -3.44. The highest BCUT2D eigenvalue weighted by atomic mass is 16.7. The van der Waals surface area contributed by atoms with Gasteiger partial charge in [0, 0.05) is 7.11 Å². The van der Waals surface area contributed by atoms with Crippen LogP contribution in [0.3, 0.4) is 0 Å². The molecule has 40 heavy (non-hydrogen) atoms. The van der Waals surface area contributed by atoms with E-state index in [9.17, 15) is 5.11 Å². The molecule has 210 valence electrons. The van der Waals surface area contributed by atoms with Gasteiger partial charge in [-0.1, -0.05) is 96.2 Å². The van der Waals surface area contributed by atoms with Gasteiger partial charge in [0.15, 0.2) is 6.29 Å². The minimum Gasteiger partial charge on any atom is -0.394 e. The van der Waals surface area contributed by atoms with Crippen LogP contribution in [-0.4, -0.2) is 58.4 Å². The lowest BCUT2D eigenvalue weighted by molar-refractivity contribution is -0.300. The lowest BCUT2D eigenvalue weighted by Crippen LogP contribution is -2.58. The number of aromatic nitrogens is 3. The fourth-order valence-corrected chi connectivity index (χ4v) is 4.83. The van der Waals surface area contributed by atoms with Crippen LogP contribution in [-0.2, 0) is 50.1 Å². The molecule has 9 heteroatoms. The zero-order chi connectivity index (χ0) is 27.6. The summed E-state index contributed by atoms with van der Waals surface area (Å²) >= 11 is 0. The van der Waals surface area contributed by atoms with Gasteiger partial charge in [-0.05, 0) is 16.7 Å². The van der Waals surface area contributed by atoms with Gasteiger partial charge in [0.2, 0.25) is 0 Å². The normalized spacial score (nSPS) is 22.8. The summed E-state index contributed by atoms with van der Waals surface area (Å²) in [6, 6.07) is 29.2. The maximum atomic E-state index is 10.3. The third kappa shape index (κ3) is 7.19. The predicted molar refractivity (Wildman–Crippen MR) is 147 cm³/mol. The summed E-state index contributed by atoms with van der Waals surface area (Å²) < 4.78 is 32.3. The van der Waals surface area contributed by atoms with Crippen LogP contribution in [0.5, 0.6) is 0 Å². The Morgan fingerprint density at radius 3 is 1.85 bits per heavy atom. The van der Waals surface area contributed by atoms with Crippen LogP contribution in [0.15, 0.2) is 97.2 Å². The first-order valence-electron chi connectivity index (χ1n) is 13.4. The van der Waals surface area contributed by atoms with Crippen molar-refractivity contribution < 1.29 is 28.8 Å². The van der Waals surface area contributed by atoms with Crippen molar-refractivity contribution in [2.24, 2.45) is 0 Å². The Morgan fingerprint density at radius 2 is 1.30 bits per heavy atom. The van der Waals surface area contributed by atoms with Gasteiger partial charge >= 0.3 is 0 Å². The second-order valence-corrected chi connectivity index (χ2v) is 9.64. The van der Waals surface area contributed by atoms with E-state index in [0.717, 1.165) is 16.7 Å². The molecule has 1 aliphatic heterocycles. The summed E-state index contributed by atoms with van der Waals surface area (Å²) in [5.74, 6) is 0. The van der Waals surface area contributed by atoms with E-state index in [1.54, 1.807) is 11.8 Å². The van der Waals surface area contributed by atoms with Crippen molar-refractivity contribution in [3.63, 3.8) is 0 Å². The molecule has 1 aromatic heterocycles. The van der Waals surface area contributed by atoms with E-state index < -0.39 is 30.6 Å². The van der Waals surface area contributed by atoms with Crippen LogP contribution in [0.1, 0.15) is 28.4 Å². The number of aliphatic hydroxyl groups is 1. The highest BCUT2D eigenvalue weighted by Crippen LogP contribution is 2.35. The van der Waals surface area contributed by atoms with Crippen LogP contribution in [0.4, 0.5) is 0 Å². The van der Waals surface area contributed by atoms with Crippen LogP contribution < -0.4 is 0 Å². The number of methoxy groups -OCH3 is 1. The molecule has 0 aliphatic carbocycles. The minimum atomic E-state index is -0.755. The molecular formula is C31H35N3O6. The zero-order valence-corrected chi connectivity index (χ0v) is 22.5. The molecule has 0 saturated carbocycles. The van der Waals surface area contributed by atoms with E-state index in [2.05, 4.69) is 10.3 Å². The van der Waals surface area contributed by atoms with E-state index in [-0.39, 0.29) is 13.2 Å². The van der Waals surface area contributed by atoms with Crippen molar-refractivity contribution in [1.82, 2.24) is 15.0 Å². The first-order valence-corrected chi connectivity index (χ1v) is 13.4.